The summed E-state index contributed by atoms with van der Waals surface area (Å²) in [7, 11) is 0. The molecule has 2 amide bonds. The van der Waals surface area contributed by atoms with Crippen LogP contribution in [0.15, 0.2) is 24.3 Å². The van der Waals surface area contributed by atoms with Gasteiger partial charge in [-0.15, -0.1) is 11.3 Å². The maximum Gasteiger partial charge on any atom is 0.245 e. The Morgan fingerprint density at radius 3 is 2.65 bits per heavy atom. The van der Waals surface area contributed by atoms with Crippen molar-refractivity contribution in [2.24, 2.45) is 11.7 Å². The van der Waals surface area contributed by atoms with E-state index >= 15 is 0 Å². The molecule has 1 heterocycles. The number of nitrogens with zero attached hydrogens (tertiary/aromatic N) is 1. The molecule has 0 spiro atoms. The molecule has 0 radical (unpaired) electrons. The molecule has 0 saturated carbocycles. The highest BCUT2D eigenvalue weighted by Crippen LogP contribution is 2.25. The largest absolute Gasteiger partial charge is 0.346 e. The minimum absolute atomic E-state index is 0.0133. The fourth-order valence-corrected chi connectivity index (χ4v) is 3.21. The lowest BCUT2D eigenvalue weighted by Crippen LogP contribution is -2.46. The van der Waals surface area contributed by atoms with Crippen molar-refractivity contribution in [2.45, 2.75) is 33.2 Å². The molecular weight excluding hydrogens is 355 g/mol. The number of thiazole rings is 1. The Labute approximate surface area is 156 Å². The van der Waals surface area contributed by atoms with Crippen LogP contribution >= 0.6 is 11.3 Å². The van der Waals surface area contributed by atoms with Gasteiger partial charge in [0.25, 0.3) is 0 Å². The van der Waals surface area contributed by atoms with Gasteiger partial charge in [-0.05, 0) is 24.5 Å². The first-order valence-electron chi connectivity index (χ1n) is 8.30. The maximum absolute atomic E-state index is 13.8. The number of hydrogen-bond donors (Lipinski definition) is 3. The molecule has 0 aliphatic rings. The number of nitrogens with one attached hydrogen (secondary N) is 2. The third kappa shape index (κ3) is 5.34. The van der Waals surface area contributed by atoms with E-state index in [2.05, 4.69) is 15.6 Å². The standard InChI is InChI=1S/C18H23FN4O2S/c1-10(2)16(20)17(25)21-9-15(24)23-18-22-11(3)14(26-18)8-12-6-4-5-7-13(12)19/h4-7,10,16H,8-9,20H2,1-3H3,(H,21,25)(H,22,23,24)/t16-/m0/s1. The number of anilines is 1. The number of carbonyl (C=O) groups excluding carboxylic acids is 2. The Balaban J connectivity index is 1.93. The summed E-state index contributed by atoms with van der Waals surface area (Å²) < 4.78 is 13.8. The molecule has 1 atom stereocenters. The second kappa shape index (κ2) is 8.86. The number of benzene rings is 1. The van der Waals surface area contributed by atoms with Gasteiger partial charge in [0.2, 0.25) is 11.8 Å². The van der Waals surface area contributed by atoms with E-state index in [1.807, 2.05) is 20.8 Å². The van der Waals surface area contributed by atoms with E-state index in [0.29, 0.717) is 17.1 Å². The lowest BCUT2D eigenvalue weighted by molar-refractivity contribution is -0.125. The van der Waals surface area contributed by atoms with E-state index < -0.39 is 6.04 Å². The Morgan fingerprint density at radius 1 is 1.31 bits per heavy atom. The summed E-state index contributed by atoms with van der Waals surface area (Å²) in [6.45, 7) is 5.30. The first-order chi connectivity index (χ1) is 12.3. The molecule has 8 heteroatoms. The van der Waals surface area contributed by atoms with Gasteiger partial charge in [0, 0.05) is 11.3 Å². The van der Waals surface area contributed by atoms with Crippen LogP contribution in [-0.2, 0) is 16.0 Å². The van der Waals surface area contributed by atoms with Crippen molar-refractivity contribution in [1.82, 2.24) is 10.3 Å². The molecule has 6 nitrogen and oxygen atoms in total. The van der Waals surface area contributed by atoms with Gasteiger partial charge in [-0.2, -0.15) is 0 Å². The van der Waals surface area contributed by atoms with Gasteiger partial charge in [-0.1, -0.05) is 32.0 Å². The van der Waals surface area contributed by atoms with Crippen molar-refractivity contribution in [3.8, 4) is 0 Å². The number of hydrogen-bond acceptors (Lipinski definition) is 5. The molecule has 1 aromatic carbocycles. The van der Waals surface area contributed by atoms with E-state index in [4.69, 9.17) is 5.73 Å². The molecule has 0 saturated heterocycles. The van der Waals surface area contributed by atoms with Gasteiger partial charge in [0.1, 0.15) is 5.82 Å². The minimum atomic E-state index is -0.655. The maximum atomic E-state index is 13.8. The fraction of sp³-hybridized carbons (Fsp3) is 0.389. The molecule has 1 aromatic heterocycles. The molecule has 0 fully saturated rings. The van der Waals surface area contributed by atoms with E-state index in [9.17, 15) is 14.0 Å². The monoisotopic (exact) mass is 378 g/mol. The Kier molecular flexibility index (Phi) is 6.82. The summed E-state index contributed by atoms with van der Waals surface area (Å²) in [6, 6.07) is 5.90. The minimum Gasteiger partial charge on any atom is -0.346 e. The summed E-state index contributed by atoms with van der Waals surface area (Å²) in [5, 5.41) is 5.57. The van der Waals surface area contributed by atoms with E-state index in [1.54, 1.807) is 18.2 Å². The predicted molar refractivity (Wildman–Crippen MR) is 101 cm³/mol. The second-order valence-electron chi connectivity index (χ2n) is 6.33. The van der Waals surface area contributed by atoms with Crippen LogP contribution in [0.1, 0.15) is 30.0 Å². The van der Waals surface area contributed by atoms with Crippen molar-refractivity contribution in [3.05, 3.63) is 46.2 Å². The number of halogens is 1. The topological polar surface area (TPSA) is 97.1 Å². The number of nitrogens with two attached hydrogens (primary N) is 1. The lowest BCUT2D eigenvalue weighted by Gasteiger charge is -2.14. The Hall–Kier alpha value is -2.32. The molecule has 0 aliphatic carbocycles. The molecule has 140 valence electrons. The zero-order valence-electron chi connectivity index (χ0n) is 15.0. The quantitative estimate of drug-likeness (QED) is 0.688. The lowest BCUT2D eigenvalue weighted by atomic mass is 10.1. The SMILES string of the molecule is Cc1nc(NC(=O)CNC(=O)[C@@H](N)C(C)C)sc1Cc1ccccc1F. The van der Waals surface area contributed by atoms with E-state index in [-0.39, 0.29) is 30.1 Å². The molecule has 2 aromatic rings. The van der Waals surface area contributed by atoms with Crippen LogP contribution in [0.25, 0.3) is 0 Å². The molecule has 0 bridgehead atoms. The van der Waals surface area contributed by atoms with E-state index in [0.717, 1.165) is 10.6 Å². The van der Waals surface area contributed by atoms with Crippen molar-refractivity contribution < 1.29 is 14.0 Å². The highest BCUT2D eigenvalue weighted by Gasteiger charge is 2.18. The predicted octanol–water partition coefficient (Wildman–Crippen LogP) is 2.22. The van der Waals surface area contributed by atoms with Crippen LogP contribution in [0, 0.1) is 18.7 Å². The van der Waals surface area contributed by atoms with Crippen LogP contribution in [0.3, 0.4) is 0 Å². The summed E-state index contributed by atoms with van der Waals surface area (Å²) in [4.78, 5) is 28.9. The molecule has 0 unspecified atom stereocenters. The summed E-state index contributed by atoms with van der Waals surface area (Å²) in [6.07, 6.45) is 0.409. The third-order valence-corrected chi connectivity index (χ3v) is 4.96. The molecule has 26 heavy (non-hydrogen) atoms. The number of rotatable bonds is 7. The summed E-state index contributed by atoms with van der Waals surface area (Å²) in [5.74, 6) is -1.04. The molecular formula is C18H23FN4O2S. The highest BCUT2D eigenvalue weighted by molar-refractivity contribution is 7.15. The van der Waals surface area contributed by atoms with Gasteiger partial charge in [-0.3, -0.25) is 9.59 Å². The number of aromatic nitrogens is 1. The molecule has 0 aliphatic heterocycles. The van der Waals surface area contributed by atoms with Crippen molar-refractivity contribution >= 4 is 28.3 Å². The van der Waals surface area contributed by atoms with Crippen molar-refractivity contribution in [1.29, 1.82) is 0 Å². The average molecular weight is 378 g/mol. The smallest absolute Gasteiger partial charge is 0.245 e. The number of carbonyl (C=O) groups is 2. The zero-order valence-corrected chi connectivity index (χ0v) is 15.8. The summed E-state index contributed by atoms with van der Waals surface area (Å²) >= 11 is 1.29. The second-order valence-corrected chi connectivity index (χ2v) is 7.42. The number of amides is 2. The highest BCUT2D eigenvalue weighted by atomic mass is 32.1. The van der Waals surface area contributed by atoms with Crippen LogP contribution in [0.4, 0.5) is 9.52 Å². The Bertz CT molecular complexity index is 791. The number of aryl methyl sites for hydroxylation is 1. The van der Waals surface area contributed by atoms with Gasteiger partial charge < -0.3 is 16.4 Å². The fourth-order valence-electron chi connectivity index (χ4n) is 2.21. The third-order valence-electron chi connectivity index (χ3n) is 3.89. The van der Waals surface area contributed by atoms with Crippen LogP contribution in [0.5, 0.6) is 0 Å². The normalized spacial score (nSPS) is 12.1. The van der Waals surface area contributed by atoms with Crippen LogP contribution in [0.2, 0.25) is 0 Å². The first kappa shape index (κ1) is 20.0. The van der Waals surface area contributed by atoms with E-state index in [1.165, 1.54) is 17.4 Å². The zero-order chi connectivity index (χ0) is 19.3. The van der Waals surface area contributed by atoms with Crippen molar-refractivity contribution in [2.75, 3.05) is 11.9 Å². The van der Waals surface area contributed by atoms with Gasteiger partial charge in [-0.25, -0.2) is 9.37 Å². The average Bonchev–Trinajstić information content (AvgIpc) is 2.93. The van der Waals surface area contributed by atoms with Gasteiger partial charge in [0.15, 0.2) is 5.13 Å². The van der Waals surface area contributed by atoms with Gasteiger partial charge in [0.05, 0.1) is 18.3 Å². The molecule has 2 rings (SSSR count). The van der Waals surface area contributed by atoms with Crippen molar-refractivity contribution in [3.63, 3.8) is 0 Å². The van der Waals surface area contributed by atoms with Crippen LogP contribution < -0.4 is 16.4 Å². The Morgan fingerprint density at radius 2 is 2.00 bits per heavy atom. The van der Waals surface area contributed by atoms with Crippen LogP contribution in [-0.4, -0.2) is 29.4 Å². The summed E-state index contributed by atoms with van der Waals surface area (Å²) in [5.41, 5.74) is 7.03. The van der Waals surface area contributed by atoms with Gasteiger partial charge >= 0.3 is 0 Å². The first-order valence-corrected chi connectivity index (χ1v) is 9.12. The molecule has 4 N–H and O–H groups in total.